The summed E-state index contributed by atoms with van der Waals surface area (Å²) in [5, 5.41) is 5.75. The average molecular weight is 518 g/mol. The van der Waals surface area contributed by atoms with Crippen LogP contribution in [0.5, 0.6) is 5.75 Å². The van der Waals surface area contributed by atoms with Crippen molar-refractivity contribution in [1.29, 1.82) is 0 Å². The van der Waals surface area contributed by atoms with E-state index in [0.29, 0.717) is 36.7 Å². The maximum absolute atomic E-state index is 12.7. The molecule has 9 heteroatoms. The molecule has 0 aliphatic heterocycles. The molecule has 4 rings (SSSR count). The second kappa shape index (κ2) is 10.5. The van der Waals surface area contributed by atoms with Crippen LogP contribution in [0.1, 0.15) is 60.8 Å². The zero-order chi connectivity index (χ0) is 25.9. The lowest BCUT2D eigenvalue weighted by molar-refractivity contribution is -0.274. The summed E-state index contributed by atoms with van der Waals surface area (Å²) >= 11 is 1.50. The van der Waals surface area contributed by atoms with E-state index in [-0.39, 0.29) is 17.1 Å². The summed E-state index contributed by atoms with van der Waals surface area (Å²) in [7, 11) is 0. The number of aromatic nitrogens is 1. The Labute approximate surface area is 213 Å². The number of amides is 1. The highest BCUT2D eigenvalue weighted by Gasteiger charge is 2.31. The zero-order valence-electron chi connectivity index (χ0n) is 20.6. The fraction of sp³-hybridized carbons (Fsp3) is 0.407. The summed E-state index contributed by atoms with van der Waals surface area (Å²) in [6, 6.07) is 13.4. The van der Waals surface area contributed by atoms with Crippen LogP contribution in [0, 0.1) is 5.92 Å². The molecular formula is C27H30F3N3O2S. The Morgan fingerprint density at radius 3 is 2.39 bits per heavy atom. The molecule has 1 aromatic heterocycles. The molecule has 5 nitrogen and oxygen atoms in total. The summed E-state index contributed by atoms with van der Waals surface area (Å²) in [4.78, 5) is 19.2. The molecule has 0 spiro atoms. The molecule has 1 amide bonds. The number of thiazole rings is 1. The lowest BCUT2D eigenvalue weighted by atomic mass is 9.93. The van der Waals surface area contributed by atoms with E-state index in [1.54, 1.807) is 24.3 Å². The number of carbonyl (C=O) groups is 1. The van der Waals surface area contributed by atoms with Crippen molar-refractivity contribution in [2.45, 2.75) is 58.5 Å². The maximum atomic E-state index is 12.7. The molecule has 1 saturated carbocycles. The van der Waals surface area contributed by atoms with Gasteiger partial charge in [0.1, 0.15) is 5.75 Å². The molecule has 3 aromatic rings. The fourth-order valence-corrected chi connectivity index (χ4v) is 4.70. The molecule has 0 radical (unpaired) electrons. The average Bonchev–Trinajstić information content (AvgIpc) is 3.48. The van der Waals surface area contributed by atoms with Crippen LogP contribution in [-0.2, 0) is 18.5 Å². The Kier molecular flexibility index (Phi) is 7.59. The molecule has 1 heterocycles. The number of ether oxygens (including phenoxy) is 1. The van der Waals surface area contributed by atoms with Crippen molar-refractivity contribution in [3.8, 4) is 5.75 Å². The van der Waals surface area contributed by atoms with Gasteiger partial charge in [-0.2, -0.15) is 0 Å². The maximum Gasteiger partial charge on any atom is 0.573 e. The van der Waals surface area contributed by atoms with E-state index in [0.717, 1.165) is 16.4 Å². The minimum Gasteiger partial charge on any atom is -0.406 e. The number of hydrogen-bond acceptors (Lipinski definition) is 5. The molecule has 1 fully saturated rings. The monoisotopic (exact) mass is 517 g/mol. The third kappa shape index (κ3) is 7.46. The molecule has 0 bridgehead atoms. The molecule has 1 N–H and O–H groups in total. The Hall–Kier alpha value is -3.07. The molecule has 36 heavy (non-hydrogen) atoms. The highest BCUT2D eigenvalue weighted by molar-refractivity contribution is 7.13. The van der Waals surface area contributed by atoms with Crippen LogP contribution in [-0.4, -0.2) is 23.8 Å². The summed E-state index contributed by atoms with van der Waals surface area (Å²) in [6.07, 6.45) is -2.40. The highest BCUT2D eigenvalue weighted by atomic mass is 32.1. The molecule has 0 unspecified atom stereocenters. The predicted octanol–water partition coefficient (Wildman–Crippen LogP) is 6.69. The lowest BCUT2D eigenvalue weighted by Gasteiger charge is -2.23. The number of benzene rings is 2. The Balaban J connectivity index is 1.53. The molecule has 192 valence electrons. The molecule has 1 aliphatic rings. The highest BCUT2D eigenvalue weighted by Crippen LogP contribution is 2.31. The number of hydrogen-bond donors (Lipinski definition) is 1. The normalized spacial score (nSPS) is 13.9. The number of nitrogens with one attached hydrogen (secondary N) is 1. The standard InChI is InChI=1S/C27H30F3N3O2S/c1-26(2,3)23-17-36-25(32-23)33(16-20-5-4-6-22(13-20)35-27(28,29)30)15-19-9-11-21(12-10-19)24(34)31-14-18-7-8-18/h4-6,9-13,17-18H,7-8,14-16H2,1-3H3,(H,31,34). The van der Waals surface area contributed by atoms with Crippen LogP contribution < -0.4 is 15.0 Å². The van der Waals surface area contributed by atoms with Crippen molar-refractivity contribution in [2.75, 3.05) is 11.4 Å². The topological polar surface area (TPSA) is 54.5 Å². The van der Waals surface area contributed by atoms with E-state index in [1.165, 1.54) is 36.3 Å². The van der Waals surface area contributed by atoms with Gasteiger partial charge in [0.15, 0.2) is 5.13 Å². The van der Waals surface area contributed by atoms with Crippen LogP contribution in [0.15, 0.2) is 53.9 Å². The second-order valence-corrected chi connectivity index (χ2v) is 11.0. The van der Waals surface area contributed by atoms with Crippen molar-refractivity contribution in [3.05, 3.63) is 76.3 Å². The van der Waals surface area contributed by atoms with Crippen molar-refractivity contribution < 1.29 is 22.7 Å². The Bertz CT molecular complexity index is 1180. The van der Waals surface area contributed by atoms with Gasteiger partial charge < -0.3 is 15.0 Å². The van der Waals surface area contributed by atoms with Crippen LogP contribution in [0.3, 0.4) is 0 Å². The fourth-order valence-electron chi connectivity index (χ4n) is 3.65. The van der Waals surface area contributed by atoms with Gasteiger partial charge in [-0.25, -0.2) is 4.98 Å². The van der Waals surface area contributed by atoms with Crippen LogP contribution in [0.25, 0.3) is 0 Å². The van der Waals surface area contributed by atoms with E-state index in [1.807, 2.05) is 22.4 Å². The zero-order valence-corrected chi connectivity index (χ0v) is 21.4. The van der Waals surface area contributed by atoms with E-state index in [2.05, 4.69) is 30.8 Å². The first-order valence-corrected chi connectivity index (χ1v) is 12.8. The van der Waals surface area contributed by atoms with Gasteiger partial charge in [-0.1, -0.05) is 45.0 Å². The van der Waals surface area contributed by atoms with Gasteiger partial charge in [-0.15, -0.1) is 24.5 Å². The first-order valence-electron chi connectivity index (χ1n) is 11.9. The minimum atomic E-state index is -4.75. The molecule has 0 saturated heterocycles. The Morgan fingerprint density at radius 1 is 1.08 bits per heavy atom. The van der Waals surface area contributed by atoms with Gasteiger partial charge in [-0.05, 0) is 54.2 Å². The third-order valence-corrected chi connectivity index (χ3v) is 6.78. The quantitative estimate of drug-likeness (QED) is 0.344. The number of nitrogens with zero attached hydrogens (tertiary/aromatic N) is 2. The molecular weight excluding hydrogens is 487 g/mol. The number of anilines is 1. The number of alkyl halides is 3. The van der Waals surface area contributed by atoms with E-state index >= 15 is 0 Å². The van der Waals surface area contributed by atoms with Gasteiger partial charge in [0.25, 0.3) is 5.91 Å². The van der Waals surface area contributed by atoms with Crippen LogP contribution >= 0.6 is 11.3 Å². The summed E-state index contributed by atoms with van der Waals surface area (Å²) in [6.45, 7) is 7.79. The number of rotatable bonds is 9. The number of carbonyl (C=O) groups excluding carboxylic acids is 1. The van der Waals surface area contributed by atoms with E-state index in [4.69, 9.17) is 4.98 Å². The van der Waals surface area contributed by atoms with E-state index in [9.17, 15) is 18.0 Å². The van der Waals surface area contributed by atoms with Crippen molar-refractivity contribution in [2.24, 2.45) is 5.92 Å². The third-order valence-electron chi connectivity index (χ3n) is 5.87. The SMILES string of the molecule is CC(C)(C)c1csc(N(Cc2ccc(C(=O)NCC3CC3)cc2)Cc2cccc(OC(F)(F)F)c2)n1. The van der Waals surface area contributed by atoms with Crippen LogP contribution in [0.4, 0.5) is 18.3 Å². The second-order valence-electron chi connectivity index (χ2n) is 10.2. The molecule has 1 aliphatic carbocycles. The van der Waals surface area contributed by atoms with Crippen molar-refractivity contribution in [3.63, 3.8) is 0 Å². The smallest absolute Gasteiger partial charge is 0.406 e. The van der Waals surface area contributed by atoms with Crippen molar-refractivity contribution in [1.82, 2.24) is 10.3 Å². The van der Waals surface area contributed by atoms with E-state index < -0.39 is 6.36 Å². The van der Waals surface area contributed by atoms with Crippen molar-refractivity contribution >= 4 is 22.4 Å². The lowest BCUT2D eigenvalue weighted by Crippen LogP contribution is -2.25. The Morgan fingerprint density at radius 2 is 1.78 bits per heavy atom. The van der Waals surface area contributed by atoms with Gasteiger partial charge in [0, 0.05) is 36.0 Å². The van der Waals surface area contributed by atoms with Crippen LogP contribution in [0.2, 0.25) is 0 Å². The number of halogens is 3. The summed E-state index contributed by atoms with van der Waals surface area (Å²) in [5.41, 5.74) is 3.05. The molecule has 2 aromatic carbocycles. The largest absolute Gasteiger partial charge is 0.573 e. The summed E-state index contributed by atoms with van der Waals surface area (Å²) in [5.74, 6) is 0.274. The van der Waals surface area contributed by atoms with Gasteiger partial charge in [0.2, 0.25) is 0 Å². The molecule has 0 atom stereocenters. The first-order chi connectivity index (χ1) is 17.0. The summed E-state index contributed by atoms with van der Waals surface area (Å²) < 4.78 is 42.2. The van der Waals surface area contributed by atoms with Gasteiger partial charge in [0.05, 0.1) is 5.69 Å². The minimum absolute atomic E-state index is 0.0819. The van der Waals surface area contributed by atoms with Gasteiger partial charge in [-0.3, -0.25) is 4.79 Å². The predicted molar refractivity (Wildman–Crippen MR) is 135 cm³/mol. The van der Waals surface area contributed by atoms with Gasteiger partial charge >= 0.3 is 6.36 Å². The first kappa shape index (κ1) is 26.0.